The van der Waals surface area contributed by atoms with Crippen molar-refractivity contribution < 1.29 is 34.3 Å². The minimum absolute atomic E-state index is 0.159. The number of para-hydroxylation sites is 3. The number of thiophene rings is 1. The molecule has 0 spiro atoms. The van der Waals surface area contributed by atoms with Crippen molar-refractivity contribution in [2.24, 2.45) is 0 Å². The first kappa shape index (κ1) is 13.4. The quantitative estimate of drug-likeness (QED) is 0.174. The summed E-state index contributed by atoms with van der Waals surface area (Å²) >= 11 is 0.619. The molecule has 51 heavy (non-hydrogen) atoms. The van der Waals surface area contributed by atoms with Gasteiger partial charge in [-0.2, -0.15) is 0 Å². The van der Waals surface area contributed by atoms with Crippen LogP contribution in [0.1, 0.15) is 34.3 Å². The van der Waals surface area contributed by atoms with E-state index in [1.807, 2.05) is 0 Å². The fraction of sp³-hybridized carbons (Fsp3) is 0. The van der Waals surface area contributed by atoms with Gasteiger partial charge in [0.15, 0.2) is 0 Å². The molecule has 0 saturated carbocycles. The highest BCUT2D eigenvalue weighted by atomic mass is 32.1. The van der Waals surface area contributed by atoms with Crippen molar-refractivity contribution in [3.05, 3.63) is 181 Å². The van der Waals surface area contributed by atoms with Crippen molar-refractivity contribution >= 4 is 75.1 Å². The lowest BCUT2D eigenvalue weighted by Gasteiger charge is -2.12. The average Bonchev–Trinajstić information content (AvgIpc) is 4.26. The Labute approximate surface area is 333 Å². The van der Waals surface area contributed by atoms with Crippen LogP contribution in [0.4, 0.5) is 0 Å². The van der Waals surface area contributed by atoms with Crippen LogP contribution in [0.2, 0.25) is 0 Å². The van der Waals surface area contributed by atoms with E-state index in [4.69, 9.17) is 20.6 Å². The summed E-state index contributed by atoms with van der Waals surface area (Å²) in [5, 5.41) is -2.27. The van der Waals surface area contributed by atoms with Gasteiger partial charge in [-0.25, -0.2) is 0 Å². The summed E-state index contributed by atoms with van der Waals surface area (Å²) in [5.41, 5.74) is -4.27. The molecule has 0 aliphatic carbocycles. The summed E-state index contributed by atoms with van der Waals surface area (Å²) in [7, 11) is 0. The molecular formula is C48H30N2S. The Morgan fingerprint density at radius 3 is 1.69 bits per heavy atom. The number of benzene rings is 8. The van der Waals surface area contributed by atoms with Crippen LogP contribution >= 0.6 is 11.3 Å². The summed E-state index contributed by atoms with van der Waals surface area (Å²) in [4.78, 5) is 0. The van der Waals surface area contributed by atoms with Gasteiger partial charge in [0.05, 0.1) is 62.0 Å². The molecule has 0 aliphatic heterocycles. The molecule has 3 heteroatoms. The van der Waals surface area contributed by atoms with Gasteiger partial charge in [-0.3, -0.25) is 0 Å². The van der Waals surface area contributed by atoms with Crippen molar-refractivity contribution in [3.63, 3.8) is 0 Å². The van der Waals surface area contributed by atoms with E-state index >= 15 is 0 Å². The molecule has 0 unspecified atom stereocenters. The SMILES string of the molecule is [2H]c1c([2H])c([2H])c(-c2c([2H])c([2H])c([2H])c3sc4c([2H])c([2H])c([2H])c(-n5c6c([2H])c([2H])c([2H])c([2H])c6c6c([2H])c(-c7c([2H])c([2H])c8c(c7[2H])c7c([2H])c([2H])c([2H])c([2H])c7n8-c7ccccc7)c([2H])c([2H])c65)c4c23)c([2H])c1[2H]. The maximum absolute atomic E-state index is 10.0. The number of nitrogens with zero attached hydrogens (tertiary/aromatic N) is 2. The molecule has 0 N–H and O–H groups in total. The van der Waals surface area contributed by atoms with Crippen LogP contribution in [0.25, 0.3) is 97.4 Å². The smallest absolute Gasteiger partial charge is 0.0645 e. The Morgan fingerprint density at radius 1 is 0.412 bits per heavy atom. The van der Waals surface area contributed by atoms with Crippen LogP contribution < -0.4 is 0 Å². The molecule has 0 saturated heterocycles. The number of hydrogen-bond donors (Lipinski definition) is 0. The zero-order valence-electron chi connectivity index (χ0n) is 50.7. The Bertz CT molecular complexity index is 4550. The van der Waals surface area contributed by atoms with Crippen molar-refractivity contribution in [1.82, 2.24) is 9.13 Å². The number of hydrogen-bond acceptors (Lipinski definition) is 1. The van der Waals surface area contributed by atoms with Gasteiger partial charge in [0.25, 0.3) is 0 Å². The normalized spacial score (nSPS) is 18.8. The van der Waals surface area contributed by atoms with E-state index in [0.717, 1.165) is 4.57 Å². The molecule has 11 rings (SSSR count). The van der Waals surface area contributed by atoms with E-state index in [1.54, 1.807) is 30.3 Å². The fourth-order valence-corrected chi connectivity index (χ4v) is 7.58. The van der Waals surface area contributed by atoms with Gasteiger partial charge in [0.1, 0.15) is 0 Å². The molecule has 0 bridgehead atoms. The Morgan fingerprint density at radius 2 is 0.980 bits per heavy atom. The van der Waals surface area contributed by atoms with Crippen LogP contribution in [-0.2, 0) is 0 Å². The summed E-state index contributed by atoms with van der Waals surface area (Å²) in [6, 6.07) is -11.4. The van der Waals surface area contributed by atoms with Crippen molar-refractivity contribution in [2.45, 2.75) is 0 Å². The van der Waals surface area contributed by atoms with Gasteiger partial charge in [-0.15, -0.1) is 11.3 Å². The highest BCUT2D eigenvalue weighted by Crippen LogP contribution is 2.45. The molecule has 0 fully saturated rings. The second-order valence-corrected chi connectivity index (χ2v) is 12.4. The third kappa shape index (κ3) is 4.22. The monoisotopic (exact) mass is 691 g/mol. The van der Waals surface area contributed by atoms with Crippen LogP contribution in [0.3, 0.4) is 0 Å². The summed E-state index contributed by atoms with van der Waals surface area (Å²) in [6.07, 6.45) is 0. The molecule has 3 heterocycles. The summed E-state index contributed by atoms with van der Waals surface area (Å²) in [6.45, 7) is 0. The maximum Gasteiger partial charge on any atom is 0.0645 e. The predicted octanol–water partition coefficient (Wildman–Crippen LogP) is 13.6. The van der Waals surface area contributed by atoms with Crippen LogP contribution in [-0.4, -0.2) is 9.13 Å². The van der Waals surface area contributed by atoms with Gasteiger partial charge in [-0.05, 0) is 88.8 Å². The van der Waals surface area contributed by atoms with Crippen LogP contribution in [0.15, 0.2) is 181 Å². The summed E-state index contributed by atoms with van der Waals surface area (Å²) < 4.78 is 230. The van der Waals surface area contributed by atoms with Gasteiger partial charge in [-0.1, -0.05) is 115 Å². The second-order valence-electron chi connectivity index (χ2n) is 11.4. The fourth-order valence-electron chi connectivity index (χ4n) is 6.56. The average molecular weight is 692 g/mol. The third-order valence-electron chi connectivity index (χ3n) is 8.67. The van der Waals surface area contributed by atoms with Crippen molar-refractivity contribution in [1.29, 1.82) is 0 Å². The summed E-state index contributed by atoms with van der Waals surface area (Å²) in [5.74, 6) is 0. The lowest BCUT2D eigenvalue weighted by Crippen LogP contribution is -1.95. The highest BCUT2D eigenvalue weighted by Gasteiger charge is 2.20. The number of fused-ring (bicyclic) bond motifs is 9. The number of rotatable bonds is 4. The molecule has 8 aromatic carbocycles. The van der Waals surface area contributed by atoms with E-state index in [1.165, 1.54) is 4.57 Å². The highest BCUT2D eigenvalue weighted by molar-refractivity contribution is 7.26. The molecule has 0 atom stereocenters. The minimum atomic E-state index is -0.937. The molecule has 2 nitrogen and oxygen atoms in total. The van der Waals surface area contributed by atoms with Gasteiger partial charge in [0, 0.05) is 47.4 Å². The van der Waals surface area contributed by atoms with Crippen molar-refractivity contribution in [3.8, 4) is 33.6 Å². The Balaban J connectivity index is 1.38. The van der Waals surface area contributed by atoms with E-state index < -0.39 is 201 Å². The zero-order valence-corrected chi connectivity index (χ0v) is 26.5. The molecule has 238 valence electrons. The Kier molecular flexibility index (Phi) is 2.90. The molecule has 0 amide bonds. The molecule has 0 radical (unpaired) electrons. The lowest BCUT2D eigenvalue weighted by molar-refractivity contribution is 1.18. The van der Waals surface area contributed by atoms with Crippen LogP contribution in [0.5, 0.6) is 0 Å². The minimum Gasteiger partial charge on any atom is -0.309 e. The van der Waals surface area contributed by atoms with E-state index in [-0.39, 0.29) is 42.0 Å². The van der Waals surface area contributed by atoms with Crippen molar-refractivity contribution in [2.75, 3.05) is 0 Å². The predicted molar refractivity (Wildman–Crippen MR) is 219 cm³/mol. The molecular weight excluding hydrogens is 637 g/mol. The largest absolute Gasteiger partial charge is 0.309 e. The standard InChI is InChI=1S/C48H30N2S/c1-3-13-31(14-4-1)35-19-11-23-45-47(35)48-44(22-12-24-46(48)51-45)50-41-21-10-8-18-37(41)39-30-33(26-28-43(39)50)32-25-27-42-38(29-32)36-17-7-9-20-40(36)49(42)34-15-5-2-6-16-34/h1-30H/i1D,3D,4D,7D,8D,9D,10D,11D,12D,13D,14D,17D,18D,19D,20D,21D,22D,23D,24D,25D,26D,27D,28D,29D,30D. The van der Waals surface area contributed by atoms with Gasteiger partial charge >= 0.3 is 0 Å². The molecule has 3 aromatic heterocycles. The van der Waals surface area contributed by atoms with E-state index in [2.05, 4.69) is 0 Å². The first-order valence-electron chi connectivity index (χ1n) is 27.9. The second kappa shape index (κ2) is 11.0. The number of aromatic nitrogens is 2. The molecule has 11 aromatic rings. The van der Waals surface area contributed by atoms with E-state index in [0.29, 0.717) is 17.0 Å². The van der Waals surface area contributed by atoms with Gasteiger partial charge in [0.2, 0.25) is 0 Å². The third-order valence-corrected chi connectivity index (χ3v) is 9.69. The first-order chi connectivity index (χ1) is 35.7. The molecule has 0 aliphatic rings. The van der Waals surface area contributed by atoms with Gasteiger partial charge < -0.3 is 9.13 Å². The first-order valence-corrected chi connectivity index (χ1v) is 16.2. The van der Waals surface area contributed by atoms with Crippen LogP contribution in [0, 0.1) is 0 Å². The topological polar surface area (TPSA) is 9.86 Å². The maximum atomic E-state index is 10.0. The van der Waals surface area contributed by atoms with E-state index in [9.17, 15) is 13.7 Å². The Hall–Kier alpha value is -6.42. The zero-order chi connectivity index (χ0) is 55.2. The lowest BCUT2D eigenvalue weighted by atomic mass is 9.99.